The highest BCUT2D eigenvalue weighted by atomic mass is 32.2. The molecule has 16 heavy (non-hydrogen) atoms. The van der Waals surface area contributed by atoms with E-state index in [1.807, 2.05) is 0 Å². The van der Waals surface area contributed by atoms with Crippen molar-refractivity contribution in [2.24, 2.45) is 0 Å². The summed E-state index contributed by atoms with van der Waals surface area (Å²) in [4.78, 5) is 17.7. The van der Waals surface area contributed by atoms with Gasteiger partial charge < -0.3 is 34.0 Å². The van der Waals surface area contributed by atoms with E-state index in [9.17, 15) is 19.9 Å². The standard InChI is InChI=1S/C6H13O8PS/c1-16-13-2-3-4(7)5(8)6(9,14-3)15(10,11)12/h3-5,7-9H,2H2,1H3,(H2,10,11,12)/t3-,4-,5-,6+/m1/s1. The average Bonchev–Trinajstić information content (AvgIpc) is 2.40. The molecule has 1 rings (SSSR count). The highest BCUT2D eigenvalue weighted by Gasteiger charge is 2.63. The van der Waals surface area contributed by atoms with Crippen molar-refractivity contribution in [3.05, 3.63) is 0 Å². The maximum Gasteiger partial charge on any atom is 0.387 e. The number of aliphatic hydroxyl groups excluding tert-OH is 2. The number of ether oxygens (including phenoxy) is 1. The third-order valence-corrected chi connectivity index (χ3v) is 3.76. The highest BCUT2D eigenvalue weighted by molar-refractivity contribution is 7.93. The van der Waals surface area contributed by atoms with Gasteiger partial charge in [-0.15, -0.1) is 0 Å². The van der Waals surface area contributed by atoms with Gasteiger partial charge in [-0.1, -0.05) is 0 Å². The third kappa shape index (κ3) is 2.42. The van der Waals surface area contributed by atoms with Gasteiger partial charge in [0, 0.05) is 6.26 Å². The lowest BCUT2D eigenvalue weighted by Crippen LogP contribution is -2.42. The first-order valence-corrected chi connectivity index (χ1v) is 6.98. The van der Waals surface area contributed by atoms with Crippen molar-refractivity contribution in [1.29, 1.82) is 0 Å². The highest BCUT2D eigenvalue weighted by Crippen LogP contribution is 2.55. The molecule has 0 aromatic rings. The van der Waals surface area contributed by atoms with Gasteiger partial charge in [0.15, 0.2) is 0 Å². The topological polar surface area (TPSA) is 137 Å². The Labute approximate surface area is 95.6 Å². The Morgan fingerprint density at radius 1 is 1.50 bits per heavy atom. The van der Waals surface area contributed by atoms with Crippen LogP contribution < -0.4 is 0 Å². The van der Waals surface area contributed by atoms with Gasteiger partial charge in [0.05, 0.1) is 6.61 Å². The van der Waals surface area contributed by atoms with Crippen molar-refractivity contribution in [3.63, 3.8) is 0 Å². The fourth-order valence-electron chi connectivity index (χ4n) is 1.30. The number of aliphatic hydroxyl groups is 3. The molecule has 4 atom stereocenters. The minimum Gasteiger partial charge on any atom is -0.387 e. The van der Waals surface area contributed by atoms with E-state index >= 15 is 0 Å². The molecular weight excluding hydrogens is 263 g/mol. The van der Waals surface area contributed by atoms with Crippen LogP contribution in [0.2, 0.25) is 0 Å². The molecule has 0 saturated carbocycles. The molecule has 0 aromatic heterocycles. The van der Waals surface area contributed by atoms with Crippen LogP contribution in [0.1, 0.15) is 0 Å². The zero-order valence-corrected chi connectivity index (χ0v) is 9.97. The normalized spacial score (nSPS) is 40.2. The third-order valence-electron chi connectivity index (χ3n) is 2.18. The maximum atomic E-state index is 10.9. The molecule has 0 radical (unpaired) electrons. The summed E-state index contributed by atoms with van der Waals surface area (Å²) in [5.74, 6) is 0. The second-order valence-electron chi connectivity index (χ2n) is 3.25. The van der Waals surface area contributed by atoms with Crippen molar-refractivity contribution in [2.75, 3.05) is 12.9 Å². The Bertz CT molecular complexity index is 294. The van der Waals surface area contributed by atoms with Crippen LogP contribution in [0.4, 0.5) is 0 Å². The van der Waals surface area contributed by atoms with Crippen LogP contribution in [-0.4, -0.2) is 61.8 Å². The second-order valence-corrected chi connectivity index (χ2v) is 5.54. The first-order chi connectivity index (χ1) is 7.24. The molecule has 8 nitrogen and oxygen atoms in total. The van der Waals surface area contributed by atoms with Gasteiger partial charge in [0.2, 0.25) is 0 Å². The lowest BCUT2D eigenvalue weighted by molar-refractivity contribution is -0.180. The maximum absolute atomic E-state index is 10.9. The van der Waals surface area contributed by atoms with Gasteiger partial charge in [0.1, 0.15) is 18.3 Å². The molecule has 1 heterocycles. The van der Waals surface area contributed by atoms with Crippen molar-refractivity contribution >= 4 is 19.6 Å². The zero-order valence-electron chi connectivity index (χ0n) is 8.26. The molecule has 0 spiro atoms. The van der Waals surface area contributed by atoms with Crippen LogP contribution in [0.25, 0.3) is 0 Å². The van der Waals surface area contributed by atoms with Crippen LogP contribution in [0, 0.1) is 0 Å². The molecule has 10 heteroatoms. The molecule has 0 bridgehead atoms. The van der Waals surface area contributed by atoms with E-state index in [4.69, 9.17) is 14.0 Å². The van der Waals surface area contributed by atoms with E-state index in [-0.39, 0.29) is 6.61 Å². The largest absolute Gasteiger partial charge is 0.387 e. The SMILES string of the molecule is CSOC[C@H]1O[C@](O)(P(=O)(O)O)[C@H](O)[C@@H]1O. The smallest absolute Gasteiger partial charge is 0.387 e. The summed E-state index contributed by atoms with van der Waals surface area (Å²) in [7, 11) is -5.13. The van der Waals surface area contributed by atoms with Crippen LogP contribution in [0.5, 0.6) is 0 Å². The van der Waals surface area contributed by atoms with Gasteiger partial charge in [-0.3, -0.25) is 4.57 Å². The van der Waals surface area contributed by atoms with Crippen LogP contribution in [0.3, 0.4) is 0 Å². The number of hydrogen-bond acceptors (Lipinski definition) is 7. The summed E-state index contributed by atoms with van der Waals surface area (Å²) in [5.41, 5.74) is -3.08. The van der Waals surface area contributed by atoms with E-state index in [1.54, 1.807) is 6.26 Å². The molecular formula is C6H13O8PS. The van der Waals surface area contributed by atoms with E-state index < -0.39 is 31.4 Å². The molecule has 96 valence electrons. The van der Waals surface area contributed by atoms with Crippen LogP contribution in [0.15, 0.2) is 0 Å². The molecule has 1 saturated heterocycles. The van der Waals surface area contributed by atoms with Crippen LogP contribution in [-0.2, 0) is 13.5 Å². The fourth-order valence-corrected chi connectivity index (χ4v) is 2.34. The second kappa shape index (κ2) is 4.89. The lowest BCUT2D eigenvalue weighted by Gasteiger charge is -2.26. The fraction of sp³-hybridized carbons (Fsp3) is 1.00. The monoisotopic (exact) mass is 276 g/mol. The Morgan fingerprint density at radius 2 is 2.06 bits per heavy atom. The minimum atomic E-state index is -5.13. The quantitative estimate of drug-likeness (QED) is 0.298. The van der Waals surface area contributed by atoms with Crippen molar-refractivity contribution in [2.45, 2.75) is 23.8 Å². The van der Waals surface area contributed by atoms with E-state index in [1.165, 1.54) is 0 Å². The summed E-state index contributed by atoms with van der Waals surface area (Å²) in [6.07, 6.45) is -3.35. The Morgan fingerprint density at radius 3 is 2.44 bits per heavy atom. The summed E-state index contributed by atoms with van der Waals surface area (Å²) in [5, 5.41) is 28.2. The predicted molar refractivity (Wildman–Crippen MR) is 53.3 cm³/mol. The first-order valence-electron chi connectivity index (χ1n) is 4.21. The summed E-state index contributed by atoms with van der Waals surface area (Å²) in [6.45, 7) is -0.221. The molecule has 0 aliphatic carbocycles. The minimum absolute atomic E-state index is 0.221. The van der Waals surface area contributed by atoms with Gasteiger partial charge >= 0.3 is 7.60 Å². The number of rotatable bonds is 4. The molecule has 1 aliphatic rings. The average molecular weight is 276 g/mol. The molecule has 0 aromatic carbocycles. The Kier molecular flexibility index (Phi) is 4.39. The summed E-state index contributed by atoms with van der Waals surface area (Å²) < 4.78 is 20.3. The molecule has 0 unspecified atom stereocenters. The van der Waals surface area contributed by atoms with E-state index in [2.05, 4.69) is 4.74 Å². The van der Waals surface area contributed by atoms with Crippen LogP contribution >= 0.6 is 19.6 Å². The predicted octanol–water partition coefficient (Wildman–Crippen LogP) is -1.77. The molecule has 1 fully saturated rings. The van der Waals surface area contributed by atoms with Crippen molar-refractivity contribution < 1.29 is 38.6 Å². The van der Waals surface area contributed by atoms with Gasteiger partial charge in [0.25, 0.3) is 5.53 Å². The van der Waals surface area contributed by atoms with Gasteiger partial charge in [-0.05, 0) is 12.0 Å². The summed E-state index contributed by atoms with van der Waals surface area (Å²) in [6, 6.07) is 0. The molecule has 5 N–H and O–H groups in total. The lowest BCUT2D eigenvalue weighted by atomic mass is 10.1. The molecule has 1 aliphatic heterocycles. The van der Waals surface area contributed by atoms with Crippen molar-refractivity contribution in [3.8, 4) is 0 Å². The first kappa shape index (κ1) is 14.4. The Balaban J connectivity index is 2.82. The van der Waals surface area contributed by atoms with Gasteiger partial charge in [-0.25, -0.2) is 0 Å². The zero-order chi connectivity index (χ0) is 12.6. The van der Waals surface area contributed by atoms with E-state index in [0.29, 0.717) is 0 Å². The summed E-state index contributed by atoms with van der Waals surface area (Å²) >= 11 is 0.951. The van der Waals surface area contributed by atoms with E-state index in [0.717, 1.165) is 12.0 Å². The molecule has 0 amide bonds. The van der Waals surface area contributed by atoms with Gasteiger partial charge in [-0.2, -0.15) is 0 Å². The van der Waals surface area contributed by atoms with Crippen molar-refractivity contribution in [1.82, 2.24) is 0 Å². The Hall–Kier alpha value is 0.300. The number of hydrogen-bond donors (Lipinski definition) is 5.